The fraction of sp³-hybridized carbons (Fsp3) is 0.154. The summed E-state index contributed by atoms with van der Waals surface area (Å²) in [5.41, 5.74) is 1.66. The first-order chi connectivity index (χ1) is 8.22. The van der Waals surface area contributed by atoms with Crippen molar-refractivity contribution < 1.29 is 9.18 Å². The highest BCUT2D eigenvalue weighted by Crippen LogP contribution is 2.14. The number of hydrogen-bond donors (Lipinski definition) is 0. The first-order valence-electron chi connectivity index (χ1n) is 5.30. The van der Waals surface area contributed by atoms with Crippen molar-refractivity contribution >= 4 is 5.78 Å². The molecular formula is C13H11FN2O. The van der Waals surface area contributed by atoms with Gasteiger partial charge in [0.2, 0.25) is 0 Å². The van der Waals surface area contributed by atoms with E-state index in [1.807, 2.05) is 6.92 Å². The van der Waals surface area contributed by atoms with Crippen molar-refractivity contribution in [3.8, 4) is 0 Å². The number of pyridine rings is 2. The SMILES string of the molecule is CCc1cnccc1C(=O)c1cncc(F)c1. The summed E-state index contributed by atoms with van der Waals surface area (Å²) in [5, 5.41) is 0. The lowest BCUT2D eigenvalue weighted by Crippen LogP contribution is -2.06. The van der Waals surface area contributed by atoms with E-state index < -0.39 is 5.82 Å². The maximum absolute atomic E-state index is 13.0. The van der Waals surface area contributed by atoms with Crippen LogP contribution in [0.3, 0.4) is 0 Å². The topological polar surface area (TPSA) is 42.9 Å². The number of ketones is 1. The molecule has 0 aliphatic rings. The zero-order valence-electron chi connectivity index (χ0n) is 9.35. The lowest BCUT2D eigenvalue weighted by molar-refractivity contribution is 0.103. The van der Waals surface area contributed by atoms with Gasteiger partial charge in [0.05, 0.1) is 6.20 Å². The molecule has 0 aromatic carbocycles. The molecule has 0 N–H and O–H groups in total. The van der Waals surface area contributed by atoms with Gasteiger partial charge in [-0.15, -0.1) is 0 Å². The van der Waals surface area contributed by atoms with Crippen LogP contribution in [0.2, 0.25) is 0 Å². The van der Waals surface area contributed by atoms with E-state index in [0.29, 0.717) is 12.0 Å². The van der Waals surface area contributed by atoms with Crippen LogP contribution in [0.1, 0.15) is 28.4 Å². The first-order valence-corrected chi connectivity index (χ1v) is 5.30. The van der Waals surface area contributed by atoms with Crippen LogP contribution in [0.15, 0.2) is 36.9 Å². The second kappa shape index (κ2) is 4.82. The van der Waals surface area contributed by atoms with Crippen LogP contribution in [0.25, 0.3) is 0 Å². The van der Waals surface area contributed by atoms with Crippen molar-refractivity contribution in [3.63, 3.8) is 0 Å². The van der Waals surface area contributed by atoms with Crippen molar-refractivity contribution in [2.45, 2.75) is 13.3 Å². The van der Waals surface area contributed by atoms with Crippen molar-refractivity contribution in [2.24, 2.45) is 0 Å². The number of hydrogen-bond acceptors (Lipinski definition) is 3. The Morgan fingerprint density at radius 2 is 2.12 bits per heavy atom. The third-order valence-corrected chi connectivity index (χ3v) is 2.50. The van der Waals surface area contributed by atoms with Crippen molar-refractivity contribution in [1.82, 2.24) is 9.97 Å². The number of aromatic nitrogens is 2. The molecule has 0 unspecified atom stereocenters. The summed E-state index contributed by atoms with van der Waals surface area (Å²) in [6, 6.07) is 2.83. The van der Waals surface area contributed by atoms with E-state index in [-0.39, 0.29) is 11.3 Å². The monoisotopic (exact) mass is 230 g/mol. The van der Waals surface area contributed by atoms with Gasteiger partial charge in [-0.3, -0.25) is 14.8 Å². The fourth-order valence-electron chi connectivity index (χ4n) is 1.62. The molecule has 0 saturated carbocycles. The molecule has 0 amide bonds. The van der Waals surface area contributed by atoms with Gasteiger partial charge >= 0.3 is 0 Å². The molecule has 0 aliphatic heterocycles. The molecule has 0 bridgehead atoms. The Balaban J connectivity index is 2.44. The Morgan fingerprint density at radius 3 is 2.82 bits per heavy atom. The van der Waals surface area contributed by atoms with Crippen LogP contribution >= 0.6 is 0 Å². The highest BCUT2D eigenvalue weighted by Gasteiger charge is 2.13. The van der Waals surface area contributed by atoms with Crippen molar-refractivity contribution in [2.75, 3.05) is 0 Å². The normalized spacial score (nSPS) is 10.2. The molecule has 0 spiro atoms. The minimum Gasteiger partial charge on any atom is -0.289 e. The molecule has 0 aliphatic carbocycles. The van der Waals surface area contributed by atoms with Gasteiger partial charge in [-0.2, -0.15) is 0 Å². The second-order valence-electron chi connectivity index (χ2n) is 3.61. The largest absolute Gasteiger partial charge is 0.289 e. The van der Waals surface area contributed by atoms with Crippen LogP contribution in [0.5, 0.6) is 0 Å². The molecule has 4 heteroatoms. The Hall–Kier alpha value is -2.10. The molecule has 17 heavy (non-hydrogen) atoms. The molecule has 0 atom stereocenters. The highest BCUT2D eigenvalue weighted by molar-refractivity contribution is 6.09. The van der Waals surface area contributed by atoms with Gasteiger partial charge in [0.25, 0.3) is 0 Å². The predicted octanol–water partition coefficient (Wildman–Crippen LogP) is 2.41. The second-order valence-corrected chi connectivity index (χ2v) is 3.61. The number of carbonyl (C=O) groups is 1. The summed E-state index contributed by atoms with van der Waals surface area (Å²) in [6.45, 7) is 1.94. The Labute approximate surface area is 98.3 Å². The van der Waals surface area contributed by atoms with E-state index >= 15 is 0 Å². The number of nitrogens with zero attached hydrogens (tertiary/aromatic N) is 2. The van der Waals surface area contributed by atoms with Crippen molar-refractivity contribution in [3.05, 3.63) is 59.4 Å². The maximum Gasteiger partial charge on any atom is 0.195 e. The van der Waals surface area contributed by atoms with E-state index in [9.17, 15) is 9.18 Å². The molecule has 86 valence electrons. The van der Waals surface area contributed by atoms with Crippen LogP contribution in [-0.4, -0.2) is 15.8 Å². The molecule has 2 aromatic rings. The zero-order valence-corrected chi connectivity index (χ0v) is 9.35. The van der Waals surface area contributed by atoms with E-state index in [2.05, 4.69) is 9.97 Å². The minimum atomic E-state index is -0.511. The predicted molar refractivity (Wildman–Crippen MR) is 61.2 cm³/mol. The van der Waals surface area contributed by atoms with Gasteiger partial charge in [-0.25, -0.2) is 4.39 Å². The van der Waals surface area contributed by atoms with Gasteiger partial charge in [0.15, 0.2) is 5.78 Å². The average Bonchev–Trinajstić information content (AvgIpc) is 2.38. The number of carbonyl (C=O) groups excluding carboxylic acids is 1. The summed E-state index contributed by atoms with van der Waals surface area (Å²) in [6.07, 6.45) is 6.35. The third kappa shape index (κ3) is 2.36. The first kappa shape index (κ1) is 11.4. The average molecular weight is 230 g/mol. The number of aryl methyl sites for hydroxylation is 1. The van der Waals surface area contributed by atoms with E-state index in [4.69, 9.17) is 0 Å². The molecule has 0 radical (unpaired) electrons. The van der Waals surface area contributed by atoms with E-state index in [1.54, 1.807) is 18.5 Å². The van der Waals surface area contributed by atoms with Crippen LogP contribution in [0.4, 0.5) is 4.39 Å². The fourth-order valence-corrected chi connectivity index (χ4v) is 1.62. The van der Waals surface area contributed by atoms with Crippen LogP contribution in [0, 0.1) is 5.82 Å². The molecule has 2 rings (SSSR count). The number of rotatable bonds is 3. The lowest BCUT2D eigenvalue weighted by atomic mass is 10.00. The van der Waals surface area contributed by atoms with Crippen LogP contribution < -0.4 is 0 Å². The third-order valence-electron chi connectivity index (χ3n) is 2.50. The zero-order chi connectivity index (χ0) is 12.3. The molecule has 2 heterocycles. The Kier molecular flexibility index (Phi) is 3.23. The summed E-state index contributed by atoms with van der Waals surface area (Å²) < 4.78 is 13.0. The maximum atomic E-state index is 13.0. The van der Waals surface area contributed by atoms with Gasteiger partial charge < -0.3 is 0 Å². The van der Waals surface area contributed by atoms with E-state index in [1.165, 1.54) is 12.3 Å². The highest BCUT2D eigenvalue weighted by atomic mass is 19.1. The number of halogens is 1. The standard InChI is InChI=1S/C13H11FN2O/c1-2-9-6-15-4-3-12(9)13(17)10-5-11(14)8-16-7-10/h3-8H,2H2,1H3. The molecule has 0 saturated heterocycles. The van der Waals surface area contributed by atoms with Gasteiger partial charge in [0.1, 0.15) is 5.82 Å². The Bertz CT molecular complexity index is 555. The smallest absolute Gasteiger partial charge is 0.195 e. The Morgan fingerprint density at radius 1 is 1.29 bits per heavy atom. The summed E-state index contributed by atoms with van der Waals surface area (Å²) in [7, 11) is 0. The van der Waals surface area contributed by atoms with E-state index in [0.717, 1.165) is 11.8 Å². The molecule has 3 nitrogen and oxygen atoms in total. The quantitative estimate of drug-likeness (QED) is 0.760. The van der Waals surface area contributed by atoms with Gasteiger partial charge in [-0.1, -0.05) is 6.92 Å². The summed E-state index contributed by atoms with van der Waals surface area (Å²) >= 11 is 0. The molecule has 2 aromatic heterocycles. The minimum absolute atomic E-state index is 0.226. The van der Waals surface area contributed by atoms with Crippen molar-refractivity contribution in [1.29, 1.82) is 0 Å². The summed E-state index contributed by atoms with van der Waals surface area (Å²) in [5.74, 6) is -0.737. The van der Waals surface area contributed by atoms with Crippen LogP contribution in [-0.2, 0) is 6.42 Å². The van der Waals surface area contributed by atoms with Gasteiger partial charge in [0, 0.05) is 29.7 Å². The summed E-state index contributed by atoms with van der Waals surface area (Å²) in [4.78, 5) is 19.8. The lowest BCUT2D eigenvalue weighted by Gasteiger charge is -2.05. The molecular weight excluding hydrogens is 219 g/mol. The molecule has 0 fully saturated rings. The van der Waals surface area contributed by atoms with Gasteiger partial charge in [-0.05, 0) is 24.1 Å².